The summed E-state index contributed by atoms with van der Waals surface area (Å²) in [6.07, 6.45) is 0. The first-order chi connectivity index (χ1) is 6.31. The fourth-order valence-electron chi connectivity index (χ4n) is 1.03. The third-order valence-electron chi connectivity index (χ3n) is 1.54. The lowest BCUT2D eigenvalue weighted by Crippen LogP contribution is -2.26. The molecule has 0 saturated heterocycles. The lowest BCUT2D eigenvalue weighted by atomic mass is 10.1. The van der Waals surface area contributed by atoms with Crippen LogP contribution in [-0.2, 0) is 0 Å². The Bertz CT molecular complexity index is 342. The molecule has 0 radical (unpaired) electrons. The van der Waals surface area contributed by atoms with E-state index in [1.165, 1.54) is 6.07 Å². The number of hydrogen-bond acceptors (Lipinski definition) is 1. The Labute approximate surface area is 80.9 Å². The zero-order valence-corrected chi connectivity index (χ0v) is 8.29. The predicted molar refractivity (Wildman–Crippen MR) is 49.7 cm³/mol. The smallest absolute Gasteiger partial charge is 0.196 e. The highest BCUT2D eigenvalue weighted by Crippen LogP contribution is 2.22. The lowest BCUT2D eigenvalue weighted by molar-refractivity contribution is 0.447. The van der Waals surface area contributed by atoms with Crippen molar-refractivity contribution in [2.45, 2.75) is 26.3 Å². The Balaban J connectivity index is 3.06. The van der Waals surface area contributed by atoms with Crippen LogP contribution in [-0.4, -0.2) is 5.54 Å². The van der Waals surface area contributed by atoms with Crippen LogP contribution in [0.4, 0.5) is 18.9 Å². The van der Waals surface area contributed by atoms with Crippen LogP contribution in [0.15, 0.2) is 12.1 Å². The number of rotatable bonds is 1. The van der Waals surface area contributed by atoms with Crippen molar-refractivity contribution >= 4 is 5.69 Å². The standard InChI is InChI=1S/C10H12F3N/c1-10(2,3)14-7-5-4-6(11)8(12)9(7)13/h4-5,14H,1-3H3. The summed E-state index contributed by atoms with van der Waals surface area (Å²) >= 11 is 0. The molecule has 0 aliphatic rings. The maximum Gasteiger partial charge on any atom is 0.196 e. The van der Waals surface area contributed by atoms with Crippen molar-refractivity contribution in [2.75, 3.05) is 5.32 Å². The van der Waals surface area contributed by atoms with Gasteiger partial charge in [-0.25, -0.2) is 13.2 Å². The van der Waals surface area contributed by atoms with Gasteiger partial charge in [0.2, 0.25) is 0 Å². The monoisotopic (exact) mass is 203 g/mol. The van der Waals surface area contributed by atoms with E-state index in [-0.39, 0.29) is 5.69 Å². The van der Waals surface area contributed by atoms with Crippen molar-refractivity contribution in [1.29, 1.82) is 0 Å². The van der Waals surface area contributed by atoms with Gasteiger partial charge in [-0.1, -0.05) is 0 Å². The molecule has 0 aliphatic heterocycles. The molecule has 14 heavy (non-hydrogen) atoms. The summed E-state index contributed by atoms with van der Waals surface area (Å²) in [6, 6.07) is 2.07. The van der Waals surface area contributed by atoms with Gasteiger partial charge in [0, 0.05) is 5.54 Å². The predicted octanol–water partition coefficient (Wildman–Crippen LogP) is 3.31. The first-order valence-corrected chi connectivity index (χ1v) is 4.23. The van der Waals surface area contributed by atoms with E-state index in [0.717, 1.165) is 6.07 Å². The van der Waals surface area contributed by atoms with E-state index in [2.05, 4.69) is 5.32 Å². The van der Waals surface area contributed by atoms with Crippen molar-refractivity contribution in [3.8, 4) is 0 Å². The van der Waals surface area contributed by atoms with E-state index < -0.39 is 23.0 Å². The first-order valence-electron chi connectivity index (χ1n) is 4.23. The highest BCUT2D eigenvalue weighted by Gasteiger charge is 2.17. The molecule has 1 N–H and O–H groups in total. The Hall–Kier alpha value is -1.19. The number of hydrogen-bond donors (Lipinski definition) is 1. The molecule has 0 fully saturated rings. The maximum atomic E-state index is 13.1. The fraction of sp³-hybridized carbons (Fsp3) is 0.400. The third-order valence-corrected chi connectivity index (χ3v) is 1.54. The van der Waals surface area contributed by atoms with Gasteiger partial charge in [-0.05, 0) is 32.9 Å². The minimum absolute atomic E-state index is 0.0311. The number of nitrogens with one attached hydrogen (secondary N) is 1. The fourth-order valence-corrected chi connectivity index (χ4v) is 1.03. The SMILES string of the molecule is CC(C)(C)Nc1ccc(F)c(F)c1F. The van der Waals surface area contributed by atoms with Gasteiger partial charge in [0.15, 0.2) is 17.5 Å². The molecule has 0 heterocycles. The minimum Gasteiger partial charge on any atom is -0.378 e. The van der Waals surface area contributed by atoms with Crippen LogP contribution in [0.5, 0.6) is 0 Å². The van der Waals surface area contributed by atoms with Crippen LogP contribution < -0.4 is 5.32 Å². The van der Waals surface area contributed by atoms with Crippen molar-refractivity contribution in [2.24, 2.45) is 0 Å². The number of halogens is 3. The normalized spacial score (nSPS) is 11.6. The van der Waals surface area contributed by atoms with Crippen LogP contribution >= 0.6 is 0 Å². The second-order valence-electron chi connectivity index (χ2n) is 4.10. The van der Waals surface area contributed by atoms with Crippen LogP contribution in [0.25, 0.3) is 0 Å². The van der Waals surface area contributed by atoms with Gasteiger partial charge in [0.05, 0.1) is 5.69 Å². The van der Waals surface area contributed by atoms with E-state index >= 15 is 0 Å². The van der Waals surface area contributed by atoms with Gasteiger partial charge in [0.25, 0.3) is 0 Å². The largest absolute Gasteiger partial charge is 0.378 e. The second-order valence-corrected chi connectivity index (χ2v) is 4.10. The van der Waals surface area contributed by atoms with Crippen LogP contribution in [0.3, 0.4) is 0 Å². The average Bonchev–Trinajstić information content (AvgIpc) is 2.04. The number of anilines is 1. The molecular formula is C10H12F3N. The zero-order valence-electron chi connectivity index (χ0n) is 8.29. The Morgan fingerprint density at radius 3 is 2.07 bits per heavy atom. The molecule has 1 aromatic rings. The molecule has 1 aromatic carbocycles. The number of benzene rings is 1. The van der Waals surface area contributed by atoms with Gasteiger partial charge < -0.3 is 5.32 Å². The van der Waals surface area contributed by atoms with Gasteiger partial charge in [-0.2, -0.15) is 0 Å². The first kappa shape index (κ1) is 10.9. The van der Waals surface area contributed by atoms with E-state index in [0.29, 0.717) is 0 Å². The molecule has 1 nitrogen and oxygen atoms in total. The van der Waals surface area contributed by atoms with Crippen molar-refractivity contribution < 1.29 is 13.2 Å². The minimum atomic E-state index is -1.45. The molecule has 0 unspecified atom stereocenters. The molecule has 1 rings (SSSR count). The molecular weight excluding hydrogens is 191 g/mol. The van der Waals surface area contributed by atoms with Crippen LogP contribution in [0.2, 0.25) is 0 Å². The summed E-state index contributed by atoms with van der Waals surface area (Å²) in [4.78, 5) is 0. The summed E-state index contributed by atoms with van der Waals surface area (Å²) in [6.45, 7) is 5.40. The van der Waals surface area contributed by atoms with Crippen LogP contribution in [0.1, 0.15) is 20.8 Å². The molecule has 0 atom stereocenters. The summed E-state index contributed by atoms with van der Waals surface area (Å²) < 4.78 is 38.4. The van der Waals surface area contributed by atoms with Gasteiger partial charge in [-0.15, -0.1) is 0 Å². The Kier molecular flexibility index (Phi) is 2.73. The van der Waals surface area contributed by atoms with E-state index in [1.54, 1.807) is 20.8 Å². The molecule has 0 spiro atoms. The Morgan fingerprint density at radius 2 is 1.57 bits per heavy atom. The molecule has 78 valence electrons. The quantitative estimate of drug-likeness (QED) is 0.690. The molecule has 0 saturated carbocycles. The molecule has 0 aliphatic carbocycles. The maximum absolute atomic E-state index is 13.1. The second kappa shape index (κ2) is 3.52. The zero-order chi connectivity index (χ0) is 10.9. The molecule has 4 heteroatoms. The summed E-state index contributed by atoms with van der Waals surface area (Å²) in [5, 5.41) is 2.74. The summed E-state index contributed by atoms with van der Waals surface area (Å²) in [5.41, 5.74) is -0.429. The summed E-state index contributed by atoms with van der Waals surface area (Å²) in [7, 11) is 0. The van der Waals surface area contributed by atoms with Crippen molar-refractivity contribution in [3.63, 3.8) is 0 Å². The molecule has 0 bridgehead atoms. The molecule has 0 aromatic heterocycles. The highest BCUT2D eigenvalue weighted by atomic mass is 19.2. The Morgan fingerprint density at radius 1 is 1.00 bits per heavy atom. The molecule has 0 amide bonds. The highest BCUT2D eigenvalue weighted by molar-refractivity contribution is 5.47. The van der Waals surface area contributed by atoms with Crippen molar-refractivity contribution in [1.82, 2.24) is 0 Å². The van der Waals surface area contributed by atoms with Gasteiger partial charge in [-0.3, -0.25) is 0 Å². The van der Waals surface area contributed by atoms with E-state index in [1.807, 2.05) is 0 Å². The van der Waals surface area contributed by atoms with Gasteiger partial charge >= 0.3 is 0 Å². The average molecular weight is 203 g/mol. The van der Waals surface area contributed by atoms with Crippen LogP contribution in [0, 0.1) is 17.5 Å². The van der Waals surface area contributed by atoms with Crippen molar-refractivity contribution in [3.05, 3.63) is 29.6 Å². The van der Waals surface area contributed by atoms with E-state index in [9.17, 15) is 13.2 Å². The van der Waals surface area contributed by atoms with E-state index in [4.69, 9.17) is 0 Å². The summed E-state index contributed by atoms with van der Waals surface area (Å²) in [5.74, 6) is -3.80. The van der Waals surface area contributed by atoms with Gasteiger partial charge in [0.1, 0.15) is 0 Å². The topological polar surface area (TPSA) is 12.0 Å². The lowest BCUT2D eigenvalue weighted by Gasteiger charge is -2.22. The third kappa shape index (κ3) is 2.40.